The number of amides is 1. The van der Waals surface area contributed by atoms with Gasteiger partial charge in [-0.2, -0.15) is 11.8 Å². The fourth-order valence-electron chi connectivity index (χ4n) is 2.76. The lowest BCUT2D eigenvalue weighted by Crippen LogP contribution is -2.40. The van der Waals surface area contributed by atoms with Crippen LogP contribution in [0.2, 0.25) is 0 Å². The Labute approximate surface area is 109 Å². The van der Waals surface area contributed by atoms with Crippen molar-refractivity contribution in [1.29, 1.82) is 0 Å². The summed E-state index contributed by atoms with van der Waals surface area (Å²) in [4.78, 5) is 14.3. The van der Waals surface area contributed by atoms with Crippen LogP contribution in [-0.4, -0.2) is 40.6 Å². The molecule has 0 saturated carbocycles. The van der Waals surface area contributed by atoms with Gasteiger partial charge in [0.1, 0.15) is 0 Å². The largest absolute Gasteiger partial charge is 0.325 e. The van der Waals surface area contributed by atoms with Crippen LogP contribution in [0, 0.1) is 0 Å². The number of rotatable bonds is 4. The first kappa shape index (κ1) is 13.2. The lowest BCUT2D eigenvalue weighted by molar-refractivity contribution is -0.130. The van der Waals surface area contributed by atoms with Crippen LogP contribution in [0.25, 0.3) is 0 Å². The topological polar surface area (TPSA) is 32.3 Å². The van der Waals surface area contributed by atoms with Crippen molar-refractivity contribution in [1.82, 2.24) is 10.2 Å². The molecule has 0 aliphatic carbocycles. The highest BCUT2D eigenvalue weighted by atomic mass is 32.2. The third-order valence-electron chi connectivity index (χ3n) is 3.74. The first-order valence-corrected chi connectivity index (χ1v) is 7.95. The van der Waals surface area contributed by atoms with Gasteiger partial charge in [0.15, 0.2) is 0 Å². The molecule has 0 aromatic rings. The van der Waals surface area contributed by atoms with Gasteiger partial charge < -0.3 is 4.90 Å². The molecular formula is C13H24N2OS. The summed E-state index contributed by atoms with van der Waals surface area (Å²) in [5.74, 6) is 1.60. The van der Waals surface area contributed by atoms with Gasteiger partial charge in [-0.25, -0.2) is 0 Å². The minimum Gasteiger partial charge on any atom is -0.325 e. The standard InChI is InChI=1S/C13H24N2OS/c1-3-6-12-13(16)15(10(2)14-12)9-11-7-4-5-8-17-11/h10-12,14H,3-9H2,1-2H3. The molecule has 2 heterocycles. The summed E-state index contributed by atoms with van der Waals surface area (Å²) in [5.41, 5.74) is 0. The van der Waals surface area contributed by atoms with Gasteiger partial charge in [0.2, 0.25) is 5.91 Å². The molecule has 0 aromatic heterocycles. The van der Waals surface area contributed by atoms with Gasteiger partial charge in [0.05, 0.1) is 12.2 Å². The van der Waals surface area contributed by atoms with E-state index in [0.29, 0.717) is 11.2 Å². The Bertz CT molecular complexity index is 266. The van der Waals surface area contributed by atoms with Gasteiger partial charge >= 0.3 is 0 Å². The van der Waals surface area contributed by atoms with Crippen molar-refractivity contribution in [2.45, 2.75) is 63.4 Å². The van der Waals surface area contributed by atoms with Crippen LogP contribution in [0.15, 0.2) is 0 Å². The van der Waals surface area contributed by atoms with Crippen molar-refractivity contribution in [3.8, 4) is 0 Å². The van der Waals surface area contributed by atoms with E-state index in [1.165, 1.54) is 25.0 Å². The summed E-state index contributed by atoms with van der Waals surface area (Å²) in [6.45, 7) is 5.19. The molecule has 2 fully saturated rings. The average Bonchev–Trinajstić information content (AvgIpc) is 2.59. The molecule has 0 aromatic carbocycles. The van der Waals surface area contributed by atoms with Crippen LogP contribution in [0.3, 0.4) is 0 Å². The van der Waals surface area contributed by atoms with Gasteiger partial charge in [-0.1, -0.05) is 19.8 Å². The summed E-state index contributed by atoms with van der Waals surface area (Å²) >= 11 is 2.05. The fourth-order valence-corrected chi connectivity index (χ4v) is 4.06. The van der Waals surface area contributed by atoms with Crippen LogP contribution < -0.4 is 5.32 Å². The number of thioether (sulfide) groups is 1. The van der Waals surface area contributed by atoms with E-state index < -0.39 is 0 Å². The van der Waals surface area contributed by atoms with E-state index in [9.17, 15) is 4.79 Å². The van der Waals surface area contributed by atoms with Crippen molar-refractivity contribution in [2.75, 3.05) is 12.3 Å². The molecule has 17 heavy (non-hydrogen) atoms. The first-order valence-electron chi connectivity index (χ1n) is 6.90. The molecule has 4 heteroatoms. The fraction of sp³-hybridized carbons (Fsp3) is 0.923. The minimum absolute atomic E-state index is 0.0728. The zero-order valence-corrected chi connectivity index (χ0v) is 11.8. The van der Waals surface area contributed by atoms with Crippen LogP contribution in [0.4, 0.5) is 0 Å². The Morgan fingerprint density at radius 1 is 1.47 bits per heavy atom. The Kier molecular flexibility index (Phi) is 4.74. The number of hydrogen-bond acceptors (Lipinski definition) is 3. The zero-order valence-electron chi connectivity index (χ0n) is 10.9. The molecule has 1 N–H and O–H groups in total. The molecule has 0 spiro atoms. The second kappa shape index (κ2) is 6.10. The number of hydrogen-bond donors (Lipinski definition) is 1. The number of nitrogens with one attached hydrogen (secondary N) is 1. The van der Waals surface area contributed by atoms with Crippen molar-refractivity contribution < 1.29 is 4.79 Å². The Morgan fingerprint density at radius 2 is 2.29 bits per heavy atom. The van der Waals surface area contributed by atoms with Crippen molar-refractivity contribution in [3.05, 3.63) is 0 Å². The predicted octanol–water partition coefficient (Wildman–Crippen LogP) is 2.22. The number of nitrogens with zero attached hydrogens (tertiary/aromatic N) is 1. The first-order chi connectivity index (χ1) is 8.22. The molecule has 2 aliphatic rings. The molecule has 2 saturated heterocycles. The molecule has 2 rings (SSSR count). The maximum absolute atomic E-state index is 12.2. The summed E-state index contributed by atoms with van der Waals surface area (Å²) in [5, 5.41) is 4.08. The summed E-state index contributed by atoms with van der Waals surface area (Å²) < 4.78 is 0. The van der Waals surface area contributed by atoms with Gasteiger partial charge in [-0.3, -0.25) is 10.1 Å². The van der Waals surface area contributed by atoms with E-state index in [1.54, 1.807) is 0 Å². The van der Waals surface area contributed by atoms with E-state index in [2.05, 4.69) is 24.1 Å². The Balaban J connectivity index is 1.88. The Morgan fingerprint density at radius 3 is 2.94 bits per heavy atom. The second-order valence-corrected chi connectivity index (χ2v) is 6.57. The number of carbonyl (C=O) groups excluding carboxylic acids is 1. The van der Waals surface area contributed by atoms with Gasteiger partial charge in [-0.05, 0) is 31.9 Å². The molecule has 0 radical (unpaired) electrons. The highest BCUT2D eigenvalue weighted by molar-refractivity contribution is 7.99. The van der Waals surface area contributed by atoms with Crippen molar-refractivity contribution in [3.63, 3.8) is 0 Å². The smallest absolute Gasteiger partial charge is 0.241 e. The quantitative estimate of drug-likeness (QED) is 0.837. The zero-order chi connectivity index (χ0) is 12.3. The van der Waals surface area contributed by atoms with Gasteiger partial charge in [0, 0.05) is 11.8 Å². The summed E-state index contributed by atoms with van der Waals surface area (Å²) in [6.07, 6.45) is 6.22. The average molecular weight is 256 g/mol. The highest BCUT2D eigenvalue weighted by Crippen LogP contribution is 2.27. The highest BCUT2D eigenvalue weighted by Gasteiger charge is 2.36. The van der Waals surface area contributed by atoms with Gasteiger partial charge in [-0.15, -0.1) is 0 Å². The second-order valence-electron chi connectivity index (χ2n) is 5.16. The Hall–Kier alpha value is -0.220. The maximum Gasteiger partial charge on any atom is 0.241 e. The lowest BCUT2D eigenvalue weighted by atomic mass is 10.1. The SMILES string of the molecule is CCCC1NC(C)N(CC2CCCCS2)C1=O. The molecule has 3 atom stereocenters. The van der Waals surface area contributed by atoms with Crippen LogP contribution in [0.5, 0.6) is 0 Å². The van der Waals surface area contributed by atoms with Crippen LogP contribution in [-0.2, 0) is 4.79 Å². The summed E-state index contributed by atoms with van der Waals surface area (Å²) in [6, 6.07) is 0.0728. The molecule has 3 nitrogen and oxygen atoms in total. The molecule has 1 amide bonds. The monoisotopic (exact) mass is 256 g/mol. The third-order valence-corrected chi connectivity index (χ3v) is 5.12. The maximum atomic E-state index is 12.2. The summed E-state index contributed by atoms with van der Waals surface area (Å²) in [7, 11) is 0. The van der Waals surface area contributed by atoms with E-state index in [0.717, 1.165) is 19.4 Å². The number of carbonyl (C=O) groups is 1. The van der Waals surface area contributed by atoms with E-state index in [-0.39, 0.29) is 12.2 Å². The predicted molar refractivity (Wildman–Crippen MR) is 73.1 cm³/mol. The molecule has 0 bridgehead atoms. The van der Waals surface area contributed by atoms with Crippen molar-refractivity contribution >= 4 is 17.7 Å². The van der Waals surface area contributed by atoms with Crippen molar-refractivity contribution in [2.24, 2.45) is 0 Å². The third kappa shape index (κ3) is 3.16. The van der Waals surface area contributed by atoms with E-state index in [4.69, 9.17) is 0 Å². The lowest BCUT2D eigenvalue weighted by Gasteiger charge is -2.28. The van der Waals surface area contributed by atoms with Gasteiger partial charge in [0.25, 0.3) is 0 Å². The molecule has 3 unspecified atom stereocenters. The van der Waals surface area contributed by atoms with Crippen LogP contribution in [0.1, 0.15) is 46.0 Å². The molecule has 2 aliphatic heterocycles. The van der Waals surface area contributed by atoms with E-state index >= 15 is 0 Å². The minimum atomic E-state index is 0.0728. The molecule has 98 valence electrons. The van der Waals surface area contributed by atoms with E-state index in [1.807, 2.05) is 11.8 Å². The van der Waals surface area contributed by atoms with Crippen LogP contribution >= 0.6 is 11.8 Å². The molecular weight excluding hydrogens is 232 g/mol. The normalized spacial score (nSPS) is 34.4.